The van der Waals surface area contributed by atoms with Crippen molar-refractivity contribution >= 4 is 23.0 Å². The Labute approximate surface area is 101 Å². The molecular weight excluding hydrogens is 220 g/mol. The maximum Gasteiger partial charge on any atom is 0.144 e. The van der Waals surface area contributed by atoms with E-state index in [0.717, 1.165) is 5.82 Å². The number of aromatic nitrogens is 2. The lowest BCUT2D eigenvalue weighted by atomic mass is 10.1. The average Bonchev–Trinajstić information content (AvgIpc) is 2.65. The van der Waals surface area contributed by atoms with E-state index in [-0.39, 0.29) is 4.99 Å². The molecule has 1 fully saturated rings. The minimum atomic E-state index is 0.285. The van der Waals surface area contributed by atoms with Crippen molar-refractivity contribution in [1.29, 1.82) is 0 Å². The molecule has 1 aromatic rings. The molecule has 3 N–H and O–H groups in total. The van der Waals surface area contributed by atoms with Gasteiger partial charge in [0, 0.05) is 6.04 Å². The fourth-order valence-electron chi connectivity index (χ4n) is 2.08. The van der Waals surface area contributed by atoms with Crippen LogP contribution in [0.15, 0.2) is 12.4 Å². The third kappa shape index (κ3) is 2.47. The molecule has 0 aliphatic heterocycles. The Balaban J connectivity index is 2.02. The van der Waals surface area contributed by atoms with Gasteiger partial charge in [0.05, 0.1) is 12.4 Å². The molecule has 2 atom stereocenters. The number of nitrogens with one attached hydrogen (secondary N) is 1. The lowest BCUT2D eigenvalue weighted by Crippen LogP contribution is -2.23. The molecule has 1 aromatic heterocycles. The third-order valence-corrected chi connectivity index (χ3v) is 3.31. The van der Waals surface area contributed by atoms with Crippen LogP contribution in [0, 0.1) is 5.92 Å². The zero-order valence-corrected chi connectivity index (χ0v) is 10.1. The first-order valence-electron chi connectivity index (χ1n) is 5.55. The van der Waals surface area contributed by atoms with Gasteiger partial charge in [-0.2, -0.15) is 0 Å². The number of thiocarbonyl (C=S) groups is 1. The van der Waals surface area contributed by atoms with Gasteiger partial charge in [-0.15, -0.1) is 0 Å². The van der Waals surface area contributed by atoms with Gasteiger partial charge in [-0.1, -0.05) is 25.6 Å². The molecule has 0 bridgehead atoms. The second kappa shape index (κ2) is 4.74. The van der Waals surface area contributed by atoms with Gasteiger partial charge in [0.15, 0.2) is 0 Å². The summed E-state index contributed by atoms with van der Waals surface area (Å²) >= 11 is 4.82. The molecule has 5 heteroatoms. The van der Waals surface area contributed by atoms with Gasteiger partial charge in [0.25, 0.3) is 0 Å². The Kier molecular flexibility index (Phi) is 3.33. The number of rotatable bonds is 3. The maximum absolute atomic E-state index is 5.46. The van der Waals surface area contributed by atoms with E-state index in [9.17, 15) is 0 Å². The molecule has 1 aliphatic rings. The number of nitrogens with two attached hydrogens (primary N) is 1. The summed E-state index contributed by atoms with van der Waals surface area (Å²) in [6.07, 6.45) is 7.09. The van der Waals surface area contributed by atoms with Crippen molar-refractivity contribution in [1.82, 2.24) is 9.97 Å². The van der Waals surface area contributed by atoms with Crippen LogP contribution in [0.3, 0.4) is 0 Å². The van der Waals surface area contributed by atoms with Gasteiger partial charge < -0.3 is 11.1 Å². The fourth-order valence-corrected chi connectivity index (χ4v) is 2.19. The van der Waals surface area contributed by atoms with Crippen molar-refractivity contribution in [3.05, 3.63) is 18.1 Å². The van der Waals surface area contributed by atoms with Crippen LogP contribution >= 0.6 is 12.2 Å². The Morgan fingerprint density at radius 3 is 2.75 bits per heavy atom. The van der Waals surface area contributed by atoms with Crippen LogP contribution < -0.4 is 11.1 Å². The minimum Gasteiger partial charge on any atom is -0.388 e. The molecule has 1 heterocycles. The van der Waals surface area contributed by atoms with Gasteiger partial charge in [-0.05, 0) is 18.8 Å². The summed E-state index contributed by atoms with van der Waals surface area (Å²) in [7, 11) is 0. The maximum atomic E-state index is 5.46. The Morgan fingerprint density at radius 1 is 1.44 bits per heavy atom. The van der Waals surface area contributed by atoms with E-state index in [2.05, 4.69) is 22.2 Å². The van der Waals surface area contributed by atoms with Gasteiger partial charge in [0.2, 0.25) is 0 Å². The fraction of sp³-hybridized carbons (Fsp3) is 0.545. The van der Waals surface area contributed by atoms with E-state index in [1.54, 1.807) is 12.4 Å². The summed E-state index contributed by atoms with van der Waals surface area (Å²) < 4.78 is 0. The van der Waals surface area contributed by atoms with E-state index in [4.69, 9.17) is 18.0 Å². The molecule has 1 saturated carbocycles. The Morgan fingerprint density at radius 2 is 2.25 bits per heavy atom. The average molecular weight is 236 g/mol. The standard InChI is InChI=1S/C11H16N4S/c1-7-3-2-4-8(7)15-10-6-13-9(5-14-10)11(12)16/h5-8H,2-4H2,1H3,(H2,12,16)(H,14,15). The number of nitrogens with zero attached hydrogens (tertiary/aromatic N) is 2. The summed E-state index contributed by atoms with van der Waals surface area (Å²) in [6.45, 7) is 2.27. The molecule has 16 heavy (non-hydrogen) atoms. The van der Waals surface area contributed by atoms with E-state index >= 15 is 0 Å². The normalized spacial score (nSPS) is 24.3. The van der Waals surface area contributed by atoms with Crippen LogP contribution in [0.25, 0.3) is 0 Å². The molecule has 0 spiro atoms. The molecule has 1 aliphatic carbocycles. The highest BCUT2D eigenvalue weighted by Gasteiger charge is 2.23. The van der Waals surface area contributed by atoms with E-state index in [1.165, 1.54) is 19.3 Å². The van der Waals surface area contributed by atoms with Gasteiger partial charge in [0.1, 0.15) is 16.5 Å². The van der Waals surface area contributed by atoms with Crippen molar-refractivity contribution in [2.75, 3.05) is 5.32 Å². The molecule has 0 saturated heterocycles. The monoisotopic (exact) mass is 236 g/mol. The zero-order valence-electron chi connectivity index (χ0n) is 9.31. The molecule has 0 amide bonds. The number of hydrogen-bond donors (Lipinski definition) is 2. The molecular formula is C11H16N4S. The van der Waals surface area contributed by atoms with Gasteiger partial charge in [-0.25, -0.2) is 9.97 Å². The quantitative estimate of drug-likeness (QED) is 0.782. The lowest BCUT2D eigenvalue weighted by molar-refractivity contribution is 0.554. The van der Waals surface area contributed by atoms with E-state index in [1.807, 2.05) is 0 Å². The smallest absolute Gasteiger partial charge is 0.144 e. The first-order valence-corrected chi connectivity index (χ1v) is 5.96. The first kappa shape index (κ1) is 11.3. The van der Waals surface area contributed by atoms with Crippen LogP contribution in [-0.4, -0.2) is 21.0 Å². The van der Waals surface area contributed by atoms with Crippen LogP contribution in [0.4, 0.5) is 5.82 Å². The topological polar surface area (TPSA) is 63.8 Å². The van der Waals surface area contributed by atoms with Crippen molar-refractivity contribution in [3.8, 4) is 0 Å². The van der Waals surface area contributed by atoms with Crippen molar-refractivity contribution < 1.29 is 0 Å². The Hall–Kier alpha value is -1.23. The molecule has 4 nitrogen and oxygen atoms in total. The largest absolute Gasteiger partial charge is 0.388 e. The minimum absolute atomic E-state index is 0.285. The second-order valence-corrected chi connectivity index (χ2v) is 4.75. The summed E-state index contributed by atoms with van der Waals surface area (Å²) in [5.41, 5.74) is 6.03. The van der Waals surface area contributed by atoms with E-state index in [0.29, 0.717) is 17.7 Å². The summed E-state index contributed by atoms with van der Waals surface area (Å²) in [5, 5.41) is 3.40. The molecule has 0 radical (unpaired) electrons. The zero-order chi connectivity index (χ0) is 11.5. The van der Waals surface area contributed by atoms with Gasteiger partial charge >= 0.3 is 0 Å². The van der Waals surface area contributed by atoms with Crippen LogP contribution in [0.2, 0.25) is 0 Å². The lowest BCUT2D eigenvalue weighted by Gasteiger charge is -2.17. The number of anilines is 1. The van der Waals surface area contributed by atoms with Crippen LogP contribution in [0.1, 0.15) is 31.9 Å². The summed E-state index contributed by atoms with van der Waals surface area (Å²) in [4.78, 5) is 8.70. The second-order valence-electron chi connectivity index (χ2n) is 4.31. The highest BCUT2D eigenvalue weighted by molar-refractivity contribution is 7.80. The summed E-state index contributed by atoms with van der Waals surface area (Å²) in [5.74, 6) is 1.51. The SMILES string of the molecule is CC1CCCC1Nc1cnc(C(N)=S)cn1. The highest BCUT2D eigenvalue weighted by Crippen LogP contribution is 2.27. The highest BCUT2D eigenvalue weighted by atomic mass is 32.1. The molecule has 2 unspecified atom stereocenters. The Bertz CT molecular complexity index is 376. The van der Waals surface area contributed by atoms with Crippen LogP contribution in [0.5, 0.6) is 0 Å². The first-order chi connectivity index (χ1) is 7.66. The molecule has 2 rings (SSSR count). The van der Waals surface area contributed by atoms with Gasteiger partial charge in [-0.3, -0.25) is 0 Å². The van der Waals surface area contributed by atoms with Crippen molar-refractivity contribution in [2.45, 2.75) is 32.2 Å². The number of hydrogen-bond acceptors (Lipinski definition) is 4. The predicted octanol–water partition coefficient (Wildman–Crippen LogP) is 1.71. The van der Waals surface area contributed by atoms with Crippen LogP contribution in [-0.2, 0) is 0 Å². The third-order valence-electron chi connectivity index (χ3n) is 3.10. The molecule has 86 valence electrons. The summed E-state index contributed by atoms with van der Waals surface area (Å²) in [6, 6.07) is 0.518. The predicted molar refractivity (Wildman–Crippen MR) is 68.3 cm³/mol. The van der Waals surface area contributed by atoms with E-state index < -0.39 is 0 Å². The van der Waals surface area contributed by atoms with Crippen molar-refractivity contribution in [3.63, 3.8) is 0 Å². The molecule has 0 aromatic carbocycles. The van der Waals surface area contributed by atoms with Crippen molar-refractivity contribution in [2.24, 2.45) is 11.7 Å².